The van der Waals surface area contributed by atoms with E-state index in [1.807, 2.05) is 24.6 Å². The van der Waals surface area contributed by atoms with E-state index in [4.69, 9.17) is 4.99 Å². The molecule has 0 spiro atoms. The van der Waals surface area contributed by atoms with Gasteiger partial charge in [0.25, 0.3) is 0 Å². The van der Waals surface area contributed by atoms with Gasteiger partial charge in [-0.3, -0.25) is 0 Å². The van der Waals surface area contributed by atoms with Gasteiger partial charge >= 0.3 is 0 Å². The minimum atomic E-state index is 0. The molecule has 33 heavy (non-hydrogen) atoms. The summed E-state index contributed by atoms with van der Waals surface area (Å²) >= 11 is 0. The molecule has 0 amide bonds. The van der Waals surface area contributed by atoms with Gasteiger partial charge in [-0.2, -0.15) is 0 Å². The van der Waals surface area contributed by atoms with E-state index < -0.39 is 0 Å². The predicted octanol–water partition coefficient (Wildman–Crippen LogP) is 4.21. The number of nitrogens with one attached hydrogen (secondary N) is 2. The number of aryl methyl sites for hydroxylation is 1. The average Bonchev–Trinajstić information content (AvgIpc) is 3.16. The Bertz CT molecular complexity index is 1020. The van der Waals surface area contributed by atoms with E-state index in [1.165, 1.54) is 11.3 Å². The van der Waals surface area contributed by atoms with Gasteiger partial charge in [0.2, 0.25) is 0 Å². The number of piperidine rings is 1. The molecule has 2 N–H and O–H groups in total. The highest BCUT2D eigenvalue weighted by molar-refractivity contribution is 14.0. The van der Waals surface area contributed by atoms with E-state index in [-0.39, 0.29) is 30.0 Å². The van der Waals surface area contributed by atoms with Crippen LogP contribution in [0, 0.1) is 6.92 Å². The summed E-state index contributed by atoms with van der Waals surface area (Å²) in [5, 5.41) is 15.7. The number of aromatic nitrogens is 3. The summed E-state index contributed by atoms with van der Waals surface area (Å²) < 4.78 is 1.99. The van der Waals surface area contributed by atoms with Crippen molar-refractivity contribution in [2.24, 2.45) is 12.0 Å². The van der Waals surface area contributed by atoms with Crippen LogP contribution in [-0.2, 0) is 13.6 Å². The van der Waals surface area contributed by atoms with Crippen molar-refractivity contribution in [3.05, 3.63) is 77.9 Å². The Morgan fingerprint density at radius 1 is 1.09 bits per heavy atom. The Morgan fingerprint density at radius 2 is 1.79 bits per heavy atom. The highest BCUT2D eigenvalue weighted by Crippen LogP contribution is 2.19. The second kappa shape index (κ2) is 12.0. The molecule has 2 heterocycles. The number of anilines is 1. The van der Waals surface area contributed by atoms with Crippen LogP contribution in [0.5, 0.6) is 0 Å². The minimum Gasteiger partial charge on any atom is -0.369 e. The molecular formula is C25H34IN7. The molecule has 1 aromatic heterocycles. The average molecular weight is 560 g/mol. The fourth-order valence-corrected chi connectivity index (χ4v) is 4.06. The lowest BCUT2D eigenvalue weighted by Crippen LogP contribution is -2.51. The molecule has 1 fully saturated rings. The first-order valence-electron chi connectivity index (χ1n) is 11.4. The van der Waals surface area contributed by atoms with Crippen LogP contribution < -0.4 is 15.5 Å². The minimum absolute atomic E-state index is 0. The van der Waals surface area contributed by atoms with E-state index in [1.54, 1.807) is 0 Å². The van der Waals surface area contributed by atoms with Gasteiger partial charge in [0.15, 0.2) is 11.8 Å². The van der Waals surface area contributed by atoms with Crippen LogP contribution in [-0.4, -0.2) is 39.9 Å². The van der Waals surface area contributed by atoms with Gasteiger partial charge in [-0.05, 0) is 44.4 Å². The van der Waals surface area contributed by atoms with Crippen molar-refractivity contribution in [2.45, 2.75) is 45.3 Å². The molecule has 7 nitrogen and oxygen atoms in total. The number of aliphatic imine (C=N–C) groups is 1. The first-order chi connectivity index (χ1) is 15.6. The van der Waals surface area contributed by atoms with Crippen LogP contribution in [0.4, 0.5) is 5.69 Å². The van der Waals surface area contributed by atoms with E-state index in [9.17, 15) is 0 Å². The number of nitrogens with zero attached hydrogens (tertiary/aromatic N) is 5. The molecule has 1 aliphatic heterocycles. The summed E-state index contributed by atoms with van der Waals surface area (Å²) in [4.78, 5) is 7.33. The highest BCUT2D eigenvalue weighted by Gasteiger charge is 2.22. The number of guanidine groups is 1. The van der Waals surface area contributed by atoms with Crippen LogP contribution in [0.3, 0.4) is 0 Å². The molecule has 4 rings (SSSR count). The Balaban J connectivity index is 0.00000306. The first-order valence-corrected chi connectivity index (χ1v) is 11.4. The van der Waals surface area contributed by atoms with Crippen molar-refractivity contribution in [3.8, 4) is 0 Å². The summed E-state index contributed by atoms with van der Waals surface area (Å²) in [6, 6.07) is 21.5. The standard InChI is InChI=1S/C25H33N7.HI/c1-19(21-11-6-4-7-12-21)27-25(26-17-24-30-29-20(2)31(24)3)28-22-13-10-16-32(18-22)23-14-8-5-9-15-23;/h4-9,11-12,14-15,19,22H,10,13,16-18H2,1-3H3,(H2,26,27,28);1H. The van der Waals surface area contributed by atoms with Crippen molar-refractivity contribution < 1.29 is 0 Å². The third-order valence-electron chi connectivity index (χ3n) is 6.10. The second-order valence-electron chi connectivity index (χ2n) is 8.43. The van der Waals surface area contributed by atoms with Gasteiger partial charge in [0.05, 0.1) is 6.04 Å². The SMILES string of the molecule is Cc1nnc(CN=C(NC2CCCN(c3ccccc3)C2)NC(C)c2ccccc2)n1C.I. The van der Waals surface area contributed by atoms with Gasteiger partial charge < -0.3 is 20.1 Å². The Morgan fingerprint density at radius 3 is 2.45 bits per heavy atom. The number of hydrogen-bond donors (Lipinski definition) is 2. The van der Waals surface area contributed by atoms with Crippen molar-refractivity contribution in [1.82, 2.24) is 25.4 Å². The number of para-hydroxylation sites is 1. The molecule has 1 aliphatic rings. The summed E-state index contributed by atoms with van der Waals surface area (Å²) in [6.45, 7) is 6.63. The summed E-state index contributed by atoms with van der Waals surface area (Å²) in [5.74, 6) is 2.55. The Kier molecular flexibility index (Phi) is 9.11. The van der Waals surface area contributed by atoms with Crippen LogP contribution in [0.1, 0.15) is 43.0 Å². The third kappa shape index (κ3) is 6.69. The summed E-state index contributed by atoms with van der Waals surface area (Å²) in [7, 11) is 1.98. The van der Waals surface area contributed by atoms with Crippen LogP contribution >= 0.6 is 24.0 Å². The third-order valence-corrected chi connectivity index (χ3v) is 6.10. The van der Waals surface area contributed by atoms with E-state index in [0.717, 1.165) is 43.5 Å². The van der Waals surface area contributed by atoms with E-state index in [2.05, 4.69) is 87.3 Å². The van der Waals surface area contributed by atoms with Crippen molar-refractivity contribution in [1.29, 1.82) is 0 Å². The van der Waals surface area contributed by atoms with Gasteiger partial charge in [-0.1, -0.05) is 48.5 Å². The number of hydrogen-bond acceptors (Lipinski definition) is 4. The molecular weight excluding hydrogens is 525 g/mol. The topological polar surface area (TPSA) is 70.4 Å². The molecule has 0 aliphatic carbocycles. The molecule has 3 aromatic rings. The molecule has 1 saturated heterocycles. The normalized spacial score (nSPS) is 17.2. The number of benzene rings is 2. The lowest BCUT2D eigenvalue weighted by atomic mass is 10.0. The van der Waals surface area contributed by atoms with Crippen molar-refractivity contribution in [2.75, 3.05) is 18.0 Å². The fraction of sp³-hybridized carbons (Fsp3) is 0.400. The molecule has 0 radical (unpaired) electrons. The zero-order valence-corrected chi connectivity index (χ0v) is 21.9. The smallest absolute Gasteiger partial charge is 0.192 e. The summed E-state index contributed by atoms with van der Waals surface area (Å²) in [5.41, 5.74) is 2.50. The fourth-order valence-electron chi connectivity index (χ4n) is 4.06. The molecule has 176 valence electrons. The van der Waals surface area contributed by atoms with E-state index >= 15 is 0 Å². The zero-order chi connectivity index (χ0) is 22.3. The molecule has 0 bridgehead atoms. The highest BCUT2D eigenvalue weighted by atomic mass is 127. The maximum atomic E-state index is 4.88. The Hall–Kier alpha value is -2.62. The first kappa shape index (κ1) is 25.0. The maximum Gasteiger partial charge on any atom is 0.192 e. The van der Waals surface area contributed by atoms with Crippen LogP contribution in [0.2, 0.25) is 0 Å². The number of halogens is 1. The molecule has 0 saturated carbocycles. The lowest BCUT2D eigenvalue weighted by molar-refractivity contribution is 0.465. The quantitative estimate of drug-likeness (QED) is 0.269. The lowest BCUT2D eigenvalue weighted by Gasteiger charge is -2.35. The monoisotopic (exact) mass is 559 g/mol. The Labute approximate surface area is 213 Å². The van der Waals surface area contributed by atoms with E-state index in [0.29, 0.717) is 12.6 Å². The molecule has 2 aromatic carbocycles. The van der Waals surface area contributed by atoms with Gasteiger partial charge in [-0.25, -0.2) is 4.99 Å². The maximum absolute atomic E-state index is 4.88. The summed E-state index contributed by atoms with van der Waals surface area (Å²) in [6.07, 6.45) is 2.27. The van der Waals surface area contributed by atoms with Gasteiger partial charge in [0, 0.05) is 31.9 Å². The van der Waals surface area contributed by atoms with Gasteiger partial charge in [0.1, 0.15) is 12.4 Å². The van der Waals surface area contributed by atoms with Gasteiger partial charge in [-0.15, -0.1) is 34.2 Å². The molecule has 2 atom stereocenters. The van der Waals surface area contributed by atoms with Crippen molar-refractivity contribution in [3.63, 3.8) is 0 Å². The van der Waals surface area contributed by atoms with Crippen molar-refractivity contribution >= 4 is 35.6 Å². The van der Waals surface area contributed by atoms with Crippen LogP contribution in [0.25, 0.3) is 0 Å². The largest absolute Gasteiger partial charge is 0.369 e. The molecule has 8 heteroatoms. The van der Waals surface area contributed by atoms with Crippen LogP contribution in [0.15, 0.2) is 65.7 Å². The zero-order valence-electron chi connectivity index (χ0n) is 19.6. The molecule has 2 unspecified atom stereocenters. The number of rotatable bonds is 6. The second-order valence-corrected chi connectivity index (χ2v) is 8.43. The predicted molar refractivity (Wildman–Crippen MR) is 145 cm³/mol.